The fourth-order valence-electron chi connectivity index (χ4n) is 4.09. The Kier molecular flexibility index (Phi) is 5.37. The molecule has 170 valence electrons. The molecule has 0 aliphatic carbocycles. The van der Waals surface area contributed by atoms with E-state index < -0.39 is 15.8 Å². The highest BCUT2D eigenvalue weighted by atomic mass is 32.2. The number of hydrogen-bond donors (Lipinski definition) is 1. The van der Waals surface area contributed by atoms with Gasteiger partial charge in [0.25, 0.3) is 21.8 Å². The Bertz CT molecular complexity index is 1480. The van der Waals surface area contributed by atoms with Crippen molar-refractivity contribution in [2.75, 3.05) is 11.3 Å². The highest BCUT2D eigenvalue weighted by Crippen LogP contribution is 2.30. The van der Waals surface area contributed by atoms with E-state index in [4.69, 9.17) is 0 Å². The van der Waals surface area contributed by atoms with Crippen molar-refractivity contribution in [3.8, 4) is 0 Å². The lowest BCUT2D eigenvalue weighted by atomic mass is 9.94. The molecule has 0 spiro atoms. The number of benzene rings is 4. The first kappa shape index (κ1) is 21.8. The van der Waals surface area contributed by atoms with E-state index >= 15 is 0 Å². The normalized spacial score (nSPS) is 13.4. The van der Waals surface area contributed by atoms with Crippen molar-refractivity contribution in [2.24, 2.45) is 0 Å². The maximum atomic E-state index is 13.0. The molecule has 0 radical (unpaired) electrons. The minimum atomic E-state index is -3.84. The molecule has 0 saturated heterocycles. The van der Waals surface area contributed by atoms with Gasteiger partial charge < -0.3 is 0 Å². The molecule has 0 unspecified atom stereocenters. The van der Waals surface area contributed by atoms with Gasteiger partial charge in [-0.15, -0.1) is 0 Å². The van der Waals surface area contributed by atoms with Gasteiger partial charge in [0.05, 0.1) is 4.90 Å². The van der Waals surface area contributed by atoms with Gasteiger partial charge in [-0.25, -0.2) is 12.8 Å². The number of rotatable bonds is 6. The van der Waals surface area contributed by atoms with E-state index in [2.05, 4.69) is 4.72 Å². The first-order chi connectivity index (χ1) is 16.3. The molecule has 0 fully saturated rings. The standard InChI is InChI=1S/C26H19FN2O4S/c27-19-9-11-20(12-10-19)28-34(32,33)21-13-7-17(8-14-21)15-16-29-25(30)22-5-1-3-18-4-2-6-23(24(18)22)26(29)31/h1-14,28H,15-16H2. The van der Waals surface area contributed by atoms with Crippen molar-refractivity contribution >= 4 is 38.3 Å². The zero-order chi connectivity index (χ0) is 23.9. The average molecular weight is 475 g/mol. The molecule has 1 aliphatic heterocycles. The maximum absolute atomic E-state index is 13.0. The summed E-state index contributed by atoms with van der Waals surface area (Å²) < 4.78 is 40.6. The lowest BCUT2D eigenvalue weighted by molar-refractivity contribution is 0.0612. The summed E-state index contributed by atoms with van der Waals surface area (Å²) in [6.45, 7) is 0.169. The first-order valence-corrected chi connectivity index (χ1v) is 12.1. The fraction of sp³-hybridized carbons (Fsp3) is 0.0769. The predicted octanol–water partition coefficient (Wildman–Crippen LogP) is 4.62. The molecule has 6 nitrogen and oxygen atoms in total. The highest BCUT2D eigenvalue weighted by Gasteiger charge is 2.32. The van der Waals surface area contributed by atoms with Crippen molar-refractivity contribution in [1.82, 2.24) is 4.90 Å². The van der Waals surface area contributed by atoms with Gasteiger partial charge in [-0.3, -0.25) is 19.2 Å². The molecule has 1 aliphatic rings. The zero-order valence-electron chi connectivity index (χ0n) is 17.9. The summed E-state index contributed by atoms with van der Waals surface area (Å²) in [6.07, 6.45) is 0.376. The number of sulfonamides is 1. The van der Waals surface area contributed by atoms with Gasteiger partial charge in [0.15, 0.2) is 0 Å². The predicted molar refractivity (Wildman–Crippen MR) is 127 cm³/mol. The van der Waals surface area contributed by atoms with Gasteiger partial charge in [0.2, 0.25) is 0 Å². The van der Waals surface area contributed by atoms with Crippen LogP contribution in [0.2, 0.25) is 0 Å². The van der Waals surface area contributed by atoms with Gasteiger partial charge in [0.1, 0.15) is 5.82 Å². The van der Waals surface area contributed by atoms with Crippen LogP contribution in [0.5, 0.6) is 0 Å². The van der Waals surface area contributed by atoms with Crippen LogP contribution >= 0.6 is 0 Å². The third-order valence-electron chi connectivity index (χ3n) is 5.81. The van der Waals surface area contributed by atoms with Gasteiger partial charge in [-0.05, 0) is 65.9 Å². The minimum absolute atomic E-state index is 0.0475. The molecule has 1 N–H and O–H groups in total. The van der Waals surface area contributed by atoms with Crippen LogP contribution in [-0.4, -0.2) is 31.7 Å². The van der Waals surface area contributed by atoms with Gasteiger partial charge in [0, 0.05) is 28.7 Å². The third-order valence-corrected chi connectivity index (χ3v) is 7.21. The second kappa shape index (κ2) is 8.39. The molecule has 4 aromatic rings. The molecule has 34 heavy (non-hydrogen) atoms. The molecule has 2 amide bonds. The Morgan fingerprint density at radius 3 is 1.94 bits per heavy atom. The molecular weight excluding hydrogens is 455 g/mol. The molecule has 1 heterocycles. The molecule has 0 aromatic heterocycles. The summed E-state index contributed by atoms with van der Waals surface area (Å²) >= 11 is 0. The Hall–Kier alpha value is -4.04. The second-order valence-corrected chi connectivity index (χ2v) is 9.66. The van der Waals surface area contributed by atoms with Crippen LogP contribution in [0.1, 0.15) is 26.3 Å². The number of amides is 2. The Morgan fingerprint density at radius 1 is 0.765 bits per heavy atom. The molecule has 0 bridgehead atoms. The van der Waals surface area contributed by atoms with Crippen LogP contribution in [0, 0.1) is 5.82 Å². The first-order valence-electron chi connectivity index (χ1n) is 10.6. The number of anilines is 1. The highest BCUT2D eigenvalue weighted by molar-refractivity contribution is 7.92. The summed E-state index contributed by atoms with van der Waals surface area (Å²) in [6, 6.07) is 22.0. The van der Waals surface area contributed by atoms with Gasteiger partial charge >= 0.3 is 0 Å². The van der Waals surface area contributed by atoms with E-state index in [1.54, 1.807) is 36.4 Å². The van der Waals surface area contributed by atoms with Crippen LogP contribution in [0.4, 0.5) is 10.1 Å². The van der Waals surface area contributed by atoms with E-state index in [0.717, 1.165) is 10.9 Å². The summed E-state index contributed by atoms with van der Waals surface area (Å²) in [5.74, 6) is -1.13. The van der Waals surface area contributed by atoms with E-state index in [1.165, 1.54) is 41.3 Å². The van der Waals surface area contributed by atoms with Crippen LogP contribution < -0.4 is 4.72 Å². The van der Waals surface area contributed by atoms with Crippen molar-refractivity contribution in [3.05, 3.63) is 107 Å². The smallest absolute Gasteiger partial charge is 0.261 e. The van der Waals surface area contributed by atoms with E-state index in [9.17, 15) is 22.4 Å². The topological polar surface area (TPSA) is 83.6 Å². The Balaban J connectivity index is 1.31. The van der Waals surface area contributed by atoms with Gasteiger partial charge in [-0.2, -0.15) is 0 Å². The molecule has 8 heteroatoms. The van der Waals surface area contributed by atoms with E-state index in [1.807, 2.05) is 12.1 Å². The molecule has 0 atom stereocenters. The number of halogens is 1. The zero-order valence-corrected chi connectivity index (χ0v) is 18.7. The number of nitrogens with one attached hydrogen (secondary N) is 1. The summed E-state index contributed by atoms with van der Waals surface area (Å²) in [5, 5.41) is 1.53. The maximum Gasteiger partial charge on any atom is 0.261 e. The monoisotopic (exact) mass is 474 g/mol. The third kappa shape index (κ3) is 3.92. The van der Waals surface area contributed by atoms with Crippen LogP contribution in [-0.2, 0) is 16.4 Å². The van der Waals surface area contributed by atoms with Crippen molar-refractivity contribution in [1.29, 1.82) is 0 Å². The number of carbonyl (C=O) groups excluding carboxylic acids is 2. The molecule has 4 aromatic carbocycles. The SMILES string of the molecule is O=C1c2cccc3cccc(c23)C(=O)N1CCc1ccc(S(=O)(=O)Nc2ccc(F)cc2)cc1. The van der Waals surface area contributed by atoms with Gasteiger partial charge in [-0.1, -0.05) is 36.4 Å². The number of carbonyl (C=O) groups is 2. The minimum Gasteiger partial charge on any atom is -0.280 e. The van der Waals surface area contributed by atoms with Crippen LogP contribution in [0.3, 0.4) is 0 Å². The fourth-order valence-corrected chi connectivity index (χ4v) is 5.15. The number of hydrogen-bond acceptors (Lipinski definition) is 4. The quantitative estimate of drug-likeness (QED) is 0.414. The largest absolute Gasteiger partial charge is 0.280 e. The van der Waals surface area contributed by atoms with E-state index in [-0.39, 0.29) is 28.9 Å². The lowest BCUT2D eigenvalue weighted by Crippen LogP contribution is -2.41. The molecule has 5 rings (SSSR count). The van der Waals surface area contributed by atoms with Crippen LogP contribution in [0.25, 0.3) is 10.8 Å². The molecular formula is C26H19FN2O4S. The number of imide groups is 1. The number of nitrogens with zero attached hydrogens (tertiary/aromatic N) is 1. The molecule has 0 saturated carbocycles. The van der Waals surface area contributed by atoms with E-state index in [0.29, 0.717) is 22.9 Å². The summed E-state index contributed by atoms with van der Waals surface area (Å²) in [5.41, 5.74) is 2.03. The summed E-state index contributed by atoms with van der Waals surface area (Å²) in [4.78, 5) is 27.3. The average Bonchev–Trinajstić information content (AvgIpc) is 2.84. The Morgan fingerprint density at radius 2 is 1.35 bits per heavy atom. The second-order valence-electron chi connectivity index (χ2n) is 7.98. The van der Waals surface area contributed by atoms with Crippen LogP contribution in [0.15, 0.2) is 89.8 Å². The summed E-state index contributed by atoms with van der Waals surface area (Å²) in [7, 11) is -3.84. The van der Waals surface area contributed by atoms with Crippen molar-refractivity contribution in [3.63, 3.8) is 0 Å². The Labute approximate surface area is 195 Å². The van der Waals surface area contributed by atoms with Crippen molar-refractivity contribution < 1.29 is 22.4 Å². The van der Waals surface area contributed by atoms with Crippen molar-refractivity contribution in [2.45, 2.75) is 11.3 Å². The lowest BCUT2D eigenvalue weighted by Gasteiger charge is -2.27.